The fourth-order valence-corrected chi connectivity index (χ4v) is 9.99. The van der Waals surface area contributed by atoms with E-state index in [2.05, 4.69) is 102 Å². The number of nitrogens with two attached hydrogens (primary N) is 1. The second-order valence-corrected chi connectivity index (χ2v) is 22.0. The summed E-state index contributed by atoms with van der Waals surface area (Å²) in [5.74, 6) is -1.07. The first kappa shape index (κ1) is 61.6. The van der Waals surface area contributed by atoms with Crippen molar-refractivity contribution in [2.45, 2.75) is 122 Å². The first-order valence-electron chi connectivity index (χ1n) is 22.9. The predicted molar refractivity (Wildman–Crippen MR) is 265 cm³/mol. The van der Waals surface area contributed by atoms with Gasteiger partial charge in [-0.25, -0.2) is 28.6 Å². The number of anilines is 1. The van der Waals surface area contributed by atoms with E-state index in [1.54, 1.807) is 0 Å². The summed E-state index contributed by atoms with van der Waals surface area (Å²) in [6, 6.07) is 0. The standard InChI is InChI=1S/C43H68N7O17P3S/c1-4-5-6-7-8-9-10-11-12-13-14-15-16-17-18-19-20-21-22-23-34(52)71-27-26-45-33(51)24-25-46-41(55)38(54)43(2,3)29-64-70(61,62)67-69(59,60)63-28-32-37(66-68(56,57)58)36(53)42(65-32)50-31-49-35-39(44)47-30-48-40(35)50/h5-6,8-9,11-12,14-15,17-18,30-32,36-38,42,53-54H,4,7,10,13,16,19-29H2,1-3H3,(H,45,51)(H,46,55)(H,59,60)(H,61,62)(H2,44,47,48)(H2,56,57,58). The number of fused-ring (bicyclic) bond motifs is 1. The van der Waals surface area contributed by atoms with E-state index in [9.17, 15) is 57.9 Å². The Kier molecular flexibility index (Phi) is 27.0. The van der Waals surface area contributed by atoms with Crippen LogP contribution in [-0.4, -0.2) is 123 Å². The molecule has 3 heterocycles. The number of amides is 2. The van der Waals surface area contributed by atoms with Gasteiger partial charge in [0.2, 0.25) is 11.8 Å². The van der Waals surface area contributed by atoms with E-state index >= 15 is 0 Å². The molecule has 0 saturated carbocycles. The van der Waals surface area contributed by atoms with E-state index in [1.807, 2.05) is 0 Å². The highest BCUT2D eigenvalue weighted by atomic mass is 32.2. The lowest BCUT2D eigenvalue weighted by Gasteiger charge is -2.30. The van der Waals surface area contributed by atoms with Crippen molar-refractivity contribution in [2.75, 3.05) is 37.8 Å². The van der Waals surface area contributed by atoms with E-state index in [1.165, 1.54) is 13.8 Å². The Balaban J connectivity index is 1.28. The van der Waals surface area contributed by atoms with E-state index in [0.29, 0.717) is 12.2 Å². The first-order valence-corrected chi connectivity index (χ1v) is 28.4. The van der Waals surface area contributed by atoms with Crippen LogP contribution in [0, 0.1) is 5.41 Å². The van der Waals surface area contributed by atoms with E-state index < -0.39 is 84.6 Å². The number of phosphoric ester groups is 3. The third-order valence-electron chi connectivity index (χ3n) is 10.2. The highest BCUT2D eigenvalue weighted by Crippen LogP contribution is 2.61. The molecule has 3 rings (SSSR count). The van der Waals surface area contributed by atoms with Gasteiger partial charge in [-0.2, -0.15) is 4.31 Å². The van der Waals surface area contributed by atoms with Crippen molar-refractivity contribution in [3.05, 3.63) is 73.4 Å². The van der Waals surface area contributed by atoms with Crippen molar-refractivity contribution in [1.82, 2.24) is 30.2 Å². The average Bonchev–Trinajstić information content (AvgIpc) is 3.86. The van der Waals surface area contributed by atoms with E-state index in [-0.39, 0.29) is 41.6 Å². The van der Waals surface area contributed by atoms with Crippen molar-refractivity contribution < 1.29 is 80.5 Å². The lowest BCUT2D eigenvalue weighted by molar-refractivity contribution is -0.137. The number of allylic oxidation sites excluding steroid dienone is 10. The lowest BCUT2D eigenvalue weighted by atomic mass is 9.87. The summed E-state index contributed by atoms with van der Waals surface area (Å²) in [4.78, 5) is 88.4. The van der Waals surface area contributed by atoms with Gasteiger partial charge < -0.3 is 50.9 Å². The molecule has 2 amide bonds. The molecule has 7 atom stereocenters. The number of unbranched alkanes of at least 4 members (excludes halogenated alkanes) is 3. The molecule has 10 N–H and O–H groups in total. The molecule has 71 heavy (non-hydrogen) atoms. The SMILES string of the molecule is CCC=CCC=CCC=CCC=CCC=CCCCCCC(=O)SCCNC(=O)CCNC(=O)C(O)C(C)(C)COP(=O)(O)OP(=O)(O)OCC1OC(n2cnc3c(N)ncnc32)C(O)C1OP(=O)(O)O. The van der Waals surface area contributed by atoms with Crippen molar-refractivity contribution in [3.63, 3.8) is 0 Å². The molecule has 2 aromatic rings. The van der Waals surface area contributed by atoms with Crippen LogP contribution < -0.4 is 16.4 Å². The fourth-order valence-electron chi connectivity index (χ4n) is 6.44. The number of aliphatic hydroxyl groups excluding tert-OH is 2. The molecule has 1 aliphatic rings. The van der Waals surface area contributed by atoms with Gasteiger partial charge >= 0.3 is 23.5 Å². The first-order chi connectivity index (χ1) is 33.6. The zero-order chi connectivity index (χ0) is 52.5. The summed E-state index contributed by atoms with van der Waals surface area (Å²) in [5.41, 5.74) is 4.28. The second kappa shape index (κ2) is 31.1. The van der Waals surface area contributed by atoms with E-state index in [4.69, 9.17) is 19.5 Å². The number of aromatic nitrogens is 4. The molecule has 1 aliphatic heterocycles. The van der Waals surface area contributed by atoms with Gasteiger partial charge in [0.05, 0.1) is 19.5 Å². The van der Waals surface area contributed by atoms with Crippen LogP contribution in [0.4, 0.5) is 5.82 Å². The van der Waals surface area contributed by atoms with Gasteiger partial charge in [-0.05, 0) is 51.4 Å². The Labute approximate surface area is 417 Å². The van der Waals surface area contributed by atoms with Gasteiger partial charge in [0.15, 0.2) is 22.8 Å². The number of hydrogen-bond donors (Lipinski definition) is 9. The molecular weight excluding hydrogens is 1010 g/mol. The lowest BCUT2D eigenvalue weighted by Crippen LogP contribution is -2.46. The van der Waals surface area contributed by atoms with Crippen molar-refractivity contribution in [3.8, 4) is 0 Å². The Morgan fingerprint density at radius 2 is 1.48 bits per heavy atom. The number of rotatable bonds is 34. The number of phosphoric acid groups is 3. The Bertz CT molecular complexity index is 2310. The summed E-state index contributed by atoms with van der Waals surface area (Å²) < 4.78 is 62.5. The minimum Gasteiger partial charge on any atom is -0.386 e. The molecule has 0 spiro atoms. The molecule has 7 unspecified atom stereocenters. The van der Waals surface area contributed by atoms with Crippen LogP contribution in [0.1, 0.15) is 97.6 Å². The number of hydrogen-bond acceptors (Lipinski definition) is 18. The zero-order valence-electron chi connectivity index (χ0n) is 39.9. The Morgan fingerprint density at radius 1 is 0.859 bits per heavy atom. The largest absolute Gasteiger partial charge is 0.481 e. The molecule has 24 nitrogen and oxygen atoms in total. The smallest absolute Gasteiger partial charge is 0.386 e. The van der Waals surface area contributed by atoms with Crippen LogP contribution in [0.5, 0.6) is 0 Å². The molecule has 0 aliphatic carbocycles. The van der Waals surface area contributed by atoms with Crippen molar-refractivity contribution in [1.29, 1.82) is 0 Å². The minimum atomic E-state index is -5.58. The van der Waals surface area contributed by atoms with Crippen LogP contribution >= 0.6 is 35.2 Å². The number of nitrogen functional groups attached to an aromatic ring is 1. The predicted octanol–water partition coefficient (Wildman–Crippen LogP) is 5.37. The van der Waals surface area contributed by atoms with Crippen LogP contribution in [0.3, 0.4) is 0 Å². The number of ether oxygens (including phenoxy) is 1. The minimum absolute atomic E-state index is 0.0305. The van der Waals surface area contributed by atoms with Crippen LogP contribution in [0.25, 0.3) is 11.2 Å². The Morgan fingerprint density at radius 3 is 2.11 bits per heavy atom. The van der Waals surface area contributed by atoms with Gasteiger partial charge in [0, 0.05) is 37.1 Å². The Hall–Kier alpha value is -3.74. The summed E-state index contributed by atoms with van der Waals surface area (Å²) in [6.07, 6.45) is 23.6. The number of aliphatic hydroxyl groups is 2. The zero-order valence-corrected chi connectivity index (χ0v) is 43.4. The topological polar surface area (TPSA) is 364 Å². The molecule has 0 aromatic carbocycles. The number of nitrogens with zero attached hydrogens (tertiary/aromatic N) is 4. The van der Waals surface area contributed by atoms with Gasteiger partial charge in [0.25, 0.3) is 0 Å². The molecule has 1 saturated heterocycles. The fraction of sp³-hybridized carbons (Fsp3) is 0.581. The molecular formula is C43H68N7O17P3S. The number of nitrogens with one attached hydrogen (secondary N) is 2. The quantitative estimate of drug-likeness (QED) is 0.0242. The number of thioether (sulfide) groups is 1. The maximum absolute atomic E-state index is 12.8. The monoisotopic (exact) mass is 1080 g/mol. The van der Waals surface area contributed by atoms with Gasteiger partial charge in [0.1, 0.15) is 36.3 Å². The summed E-state index contributed by atoms with van der Waals surface area (Å²) in [6.45, 7) is 2.65. The molecule has 398 valence electrons. The normalized spacial score (nSPS) is 20.2. The van der Waals surface area contributed by atoms with Gasteiger partial charge in [-0.1, -0.05) is 99.7 Å². The van der Waals surface area contributed by atoms with Crippen LogP contribution in [0.15, 0.2) is 73.4 Å². The van der Waals surface area contributed by atoms with Crippen molar-refractivity contribution >= 4 is 69.1 Å². The highest BCUT2D eigenvalue weighted by molar-refractivity contribution is 8.13. The second-order valence-electron chi connectivity index (χ2n) is 16.6. The average molecular weight is 1080 g/mol. The molecule has 2 aromatic heterocycles. The molecule has 0 radical (unpaired) electrons. The molecule has 1 fully saturated rings. The summed E-state index contributed by atoms with van der Waals surface area (Å²) in [7, 11) is -16.4. The molecule has 0 bridgehead atoms. The number of imidazole rings is 1. The third-order valence-corrected chi connectivity index (χ3v) is 14.2. The van der Waals surface area contributed by atoms with Gasteiger partial charge in [-0.15, -0.1) is 0 Å². The maximum Gasteiger partial charge on any atom is 0.481 e. The summed E-state index contributed by atoms with van der Waals surface area (Å²) in [5, 5.41) is 26.6. The van der Waals surface area contributed by atoms with Crippen molar-refractivity contribution in [2.24, 2.45) is 5.41 Å². The summed E-state index contributed by atoms with van der Waals surface area (Å²) >= 11 is 1.13. The van der Waals surface area contributed by atoms with E-state index in [0.717, 1.165) is 86.8 Å². The number of carbonyl (C=O) groups excluding carboxylic acids is 3. The van der Waals surface area contributed by atoms with Crippen LogP contribution in [-0.2, 0) is 50.7 Å². The van der Waals surface area contributed by atoms with Gasteiger partial charge in [-0.3, -0.25) is 32.5 Å². The maximum atomic E-state index is 12.8. The highest BCUT2D eigenvalue weighted by Gasteiger charge is 2.50. The van der Waals surface area contributed by atoms with Crippen LogP contribution in [0.2, 0.25) is 0 Å². The number of carbonyl (C=O) groups is 3. The third kappa shape index (κ3) is 23.8. The molecule has 28 heteroatoms.